The highest BCUT2D eigenvalue weighted by molar-refractivity contribution is 9.10. The molecule has 0 unspecified atom stereocenters. The average molecular weight is 351 g/mol. The van der Waals surface area contributed by atoms with Gasteiger partial charge in [-0.25, -0.2) is 4.39 Å². The molecule has 0 aromatic heterocycles. The molecule has 0 amide bonds. The molecule has 0 fully saturated rings. The summed E-state index contributed by atoms with van der Waals surface area (Å²) < 4.78 is 14.4. The van der Waals surface area contributed by atoms with E-state index in [1.165, 1.54) is 6.07 Å². The summed E-state index contributed by atoms with van der Waals surface area (Å²) in [6.45, 7) is 0.796. The van der Waals surface area contributed by atoms with Crippen molar-refractivity contribution in [2.75, 3.05) is 11.4 Å². The molecule has 0 radical (unpaired) electrons. The van der Waals surface area contributed by atoms with Crippen molar-refractivity contribution in [3.05, 3.63) is 57.8 Å². The normalized spacial score (nSPS) is 13.4. The Morgan fingerprint density at radius 3 is 2.80 bits per heavy atom. The van der Waals surface area contributed by atoms with Gasteiger partial charge in [0.25, 0.3) is 0 Å². The van der Waals surface area contributed by atoms with Crippen LogP contribution in [0.3, 0.4) is 0 Å². The lowest BCUT2D eigenvalue weighted by Crippen LogP contribution is -2.20. The molecular formula is C15H12BrFN2S. The van der Waals surface area contributed by atoms with Crippen LogP contribution in [0.25, 0.3) is 0 Å². The summed E-state index contributed by atoms with van der Waals surface area (Å²) in [5, 5.41) is 0. The van der Waals surface area contributed by atoms with E-state index in [1.54, 1.807) is 6.07 Å². The third kappa shape index (κ3) is 2.21. The SMILES string of the molecule is NC(=S)c1c(Br)cccc1N1CCc2ccc(F)cc21. The minimum absolute atomic E-state index is 0.234. The number of fused-ring (bicyclic) bond motifs is 1. The van der Waals surface area contributed by atoms with Gasteiger partial charge in [0, 0.05) is 22.3 Å². The van der Waals surface area contributed by atoms with Crippen LogP contribution in [-0.2, 0) is 6.42 Å². The molecule has 3 rings (SSSR count). The average Bonchev–Trinajstić information content (AvgIpc) is 2.80. The van der Waals surface area contributed by atoms with Crippen molar-refractivity contribution in [2.24, 2.45) is 5.73 Å². The minimum atomic E-state index is -0.234. The molecule has 0 saturated heterocycles. The van der Waals surface area contributed by atoms with Crippen molar-refractivity contribution < 1.29 is 4.39 Å². The number of thiocarbonyl (C=S) groups is 1. The van der Waals surface area contributed by atoms with Gasteiger partial charge in [0.05, 0.1) is 5.69 Å². The van der Waals surface area contributed by atoms with E-state index in [4.69, 9.17) is 18.0 Å². The Bertz CT molecular complexity index is 702. The Morgan fingerprint density at radius 2 is 2.05 bits per heavy atom. The Labute approximate surface area is 130 Å². The van der Waals surface area contributed by atoms with E-state index in [9.17, 15) is 4.39 Å². The molecule has 0 atom stereocenters. The van der Waals surface area contributed by atoms with Crippen molar-refractivity contribution in [3.63, 3.8) is 0 Å². The number of nitrogens with zero attached hydrogens (tertiary/aromatic N) is 1. The predicted molar refractivity (Wildman–Crippen MR) is 87.1 cm³/mol. The number of rotatable bonds is 2. The molecular weight excluding hydrogens is 339 g/mol. The summed E-state index contributed by atoms with van der Waals surface area (Å²) in [6, 6.07) is 10.7. The molecule has 2 aromatic rings. The number of benzene rings is 2. The number of anilines is 2. The number of halogens is 2. The molecule has 0 spiro atoms. The van der Waals surface area contributed by atoms with Crippen LogP contribution in [0.1, 0.15) is 11.1 Å². The van der Waals surface area contributed by atoms with Gasteiger partial charge in [-0.1, -0.05) is 24.4 Å². The molecule has 0 aliphatic carbocycles. The maximum Gasteiger partial charge on any atom is 0.125 e. The van der Waals surface area contributed by atoms with E-state index < -0.39 is 0 Å². The molecule has 2 nitrogen and oxygen atoms in total. The van der Waals surface area contributed by atoms with Gasteiger partial charge in [-0.2, -0.15) is 0 Å². The zero-order chi connectivity index (χ0) is 14.3. The highest BCUT2D eigenvalue weighted by atomic mass is 79.9. The standard InChI is InChI=1S/C15H12BrFN2S/c16-11-2-1-3-12(14(11)15(18)20)19-7-6-9-4-5-10(17)8-13(9)19/h1-5,8H,6-7H2,(H2,18,20). The Morgan fingerprint density at radius 1 is 1.25 bits per heavy atom. The molecule has 1 aliphatic heterocycles. The molecule has 2 aromatic carbocycles. The van der Waals surface area contributed by atoms with Gasteiger partial charge in [0.15, 0.2) is 0 Å². The van der Waals surface area contributed by atoms with Crippen molar-refractivity contribution in [2.45, 2.75) is 6.42 Å². The third-order valence-corrected chi connectivity index (χ3v) is 4.34. The molecule has 1 heterocycles. The van der Waals surface area contributed by atoms with Gasteiger partial charge in [-0.05, 0) is 52.2 Å². The van der Waals surface area contributed by atoms with Crippen molar-refractivity contribution in [3.8, 4) is 0 Å². The first-order valence-corrected chi connectivity index (χ1v) is 7.42. The maximum atomic E-state index is 13.5. The first kappa shape index (κ1) is 13.5. The molecule has 0 bridgehead atoms. The van der Waals surface area contributed by atoms with Crippen molar-refractivity contribution in [1.29, 1.82) is 0 Å². The van der Waals surface area contributed by atoms with E-state index in [0.717, 1.165) is 39.9 Å². The van der Waals surface area contributed by atoms with Crippen LogP contribution in [0.4, 0.5) is 15.8 Å². The molecule has 1 aliphatic rings. The van der Waals surface area contributed by atoms with Crippen LogP contribution in [0.15, 0.2) is 40.9 Å². The largest absolute Gasteiger partial charge is 0.389 e. The van der Waals surface area contributed by atoms with Crippen LogP contribution >= 0.6 is 28.1 Å². The first-order chi connectivity index (χ1) is 9.58. The van der Waals surface area contributed by atoms with Crippen LogP contribution in [0.2, 0.25) is 0 Å². The molecule has 0 saturated carbocycles. The summed E-state index contributed by atoms with van der Waals surface area (Å²) >= 11 is 8.62. The second kappa shape index (κ2) is 5.14. The number of hydrogen-bond donors (Lipinski definition) is 1. The second-order valence-electron chi connectivity index (χ2n) is 4.67. The van der Waals surface area contributed by atoms with Crippen LogP contribution in [0, 0.1) is 5.82 Å². The topological polar surface area (TPSA) is 29.3 Å². The fourth-order valence-corrected chi connectivity index (χ4v) is 3.50. The summed E-state index contributed by atoms with van der Waals surface area (Å²) in [7, 11) is 0. The smallest absolute Gasteiger partial charge is 0.125 e. The maximum absolute atomic E-state index is 13.5. The second-order valence-corrected chi connectivity index (χ2v) is 5.97. The van der Waals surface area contributed by atoms with Gasteiger partial charge in [0.1, 0.15) is 10.8 Å². The number of hydrogen-bond acceptors (Lipinski definition) is 2. The lowest BCUT2D eigenvalue weighted by Gasteiger charge is -2.23. The summed E-state index contributed by atoms with van der Waals surface area (Å²) in [4.78, 5) is 2.40. The third-order valence-electron chi connectivity index (χ3n) is 3.47. The molecule has 20 heavy (non-hydrogen) atoms. The predicted octanol–water partition coefficient (Wildman–Crippen LogP) is 3.92. The minimum Gasteiger partial charge on any atom is -0.389 e. The van der Waals surface area contributed by atoms with Crippen LogP contribution < -0.4 is 10.6 Å². The summed E-state index contributed by atoms with van der Waals surface area (Å²) in [5.41, 5.74) is 9.57. The molecule has 2 N–H and O–H groups in total. The van der Waals surface area contributed by atoms with E-state index in [2.05, 4.69) is 20.8 Å². The van der Waals surface area contributed by atoms with E-state index in [-0.39, 0.29) is 5.82 Å². The van der Waals surface area contributed by atoms with Crippen molar-refractivity contribution in [1.82, 2.24) is 0 Å². The van der Waals surface area contributed by atoms with Crippen LogP contribution in [-0.4, -0.2) is 11.5 Å². The molecule has 102 valence electrons. The van der Waals surface area contributed by atoms with Gasteiger partial charge in [-0.3, -0.25) is 0 Å². The Kier molecular flexibility index (Phi) is 3.48. The van der Waals surface area contributed by atoms with E-state index in [0.29, 0.717) is 4.99 Å². The summed E-state index contributed by atoms with van der Waals surface area (Å²) in [5.74, 6) is -0.234. The monoisotopic (exact) mass is 350 g/mol. The van der Waals surface area contributed by atoms with Gasteiger partial charge in [-0.15, -0.1) is 0 Å². The van der Waals surface area contributed by atoms with Gasteiger partial charge in [0.2, 0.25) is 0 Å². The zero-order valence-electron chi connectivity index (χ0n) is 10.6. The van der Waals surface area contributed by atoms with E-state index in [1.807, 2.05) is 24.3 Å². The van der Waals surface area contributed by atoms with Gasteiger partial charge < -0.3 is 10.6 Å². The van der Waals surface area contributed by atoms with Crippen molar-refractivity contribution >= 4 is 44.5 Å². The van der Waals surface area contributed by atoms with Crippen LogP contribution in [0.5, 0.6) is 0 Å². The number of nitrogens with two attached hydrogens (primary N) is 1. The fraction of sp³-hybridized carbons (Fsp3) is 0.133. The quantitative estimate of drug-likeness (QED) is 0.832. The fourth-order valence-electron chi connectivity index (χ4n) is 2.58. The first-order valence-electron chi connectivity index (χ1n) is 6.22. The lowest BCUT2D eigenvalue weighted by molar-refractivity contribution is 0.628. The highest BCUT2D eigenvalue weighted by Gasteiger charge is 2.24. The lowest BCUT2D eigenvalue weighted by atomic mass is 10.1. The van der Waals surface area contributed by atoms with Gasteiger partial charge >= 0.3 is 0 Å². The molecule has 5 heteroatoms. The Hall–Kier alpha value is -1.46. The highest BCUT2D eigenvalue weighted by Crippen LogP contribution is 2.38. The Balaban J connectivity index is 2.16. The van der Waals surface area contributed by atoms with E-state index >= 15 is 0 Å². The summed E-state index contributed by atoms with van der Waals surface area (Å²) in [6.07, 6.45) is 0.888. The zero-order valence-corrected chi connectivity index (χ0v) is 13.0.